The molecule has 1 amide bonds. The fraction of sp³-hybridized carbons (Fsp3) is 0.594. The molecule has 3 heterocycles. The van der Waals surface area contributed by atoms with Gasteiger partial charge in [0.1, 0.15) is 0 Å². The van der Waals surface area contributed by atoms with Crippen molar-refractivity contribution in [2.75, 3.05) is 44.7 Å². The summed E-state index contributed by atoms with van der Waals surface area (Å²) in [4.78, 5) is 36.9. The van der Waals surface area contributed by atoms with E-state index in [1.54, 1.807) is 0 Å². The number of nitrogens with one attached hydrogen (secondary N) is 2. The second-order valence-corrected chi connectivity index (χ2v) is 12.0. The molecule has 222 valence electrons. The maximum Gasteiger partial charge on any atom is 0.253 e. The van der Waals surface area contributed by atoms with Crippen LogP contribution in [-0.2, 0) is 20.0 Å². The standard InChI is InChI=1S/C32H47N7O2/c1-7-25-26(31(40)33-19-27-21(3)17-22(4)35-32(27)41)18-29-28(20-34-37(29)6)30(25)39(8-2)24-11-9-23(10-12-24)38-15-13-36(5)14-16-38/h17-18,20,23-24H,7-16,19H2,1-6H3,(H,33,40)(H,35,41). The van der Waals surface area contributed by atoms with E-state index in [1.165, 1.54) is 25.9 Å². The van der Waals surface area contributed by atoms with Crippen LogP contribution >= 0.6 is 0 Å². The van der Waals surface area contributed by atoms with Crippen LogP contribution < -0.4 is 15.8 Å². The number of aryl methyl sites for hydroxylation is 3. The normalized spacial score (nSPS) is 20.4. The number of pyridine rings is 1. The zero-order chi connectivity index (χ0) is 29.3. The van der Waals surface area contributed by atoms with Gasteiger partial charge in [-0.05, 0) is 83.2 Å². The van der Waals surface area contributed by atoms with Crippen LogP contribution in [0.4, 0.5) is 5.69 Å². The van der Waals surface area contributed by atoms with Crippen molar-refractivity contribution in [2.45, 2.75) is 78.4 Å². The number of hydrogen-bond acceptors (Lipinski definition) is 6. The summed E-state index contributed by atoms with van der Waals surface area (Å²) in [5.41, 5.74) is 5.98. The molecule has 2 N–H and O–H groups in total. The molecule has 1 aliphatic heterocycles. The molecule has 2 fully saturated rings. The molecule has 2 aromatic heterocycles. The van der Waals surface area contributed by atoms with E-state index in [9.17, 15) is 9.59 Å². The van der Waals surface area contributed by atoms with Crippen molar-refractivity contribution in [3.63, 3.8) is 0 Å². The number of carbonyl (C=O) groups excluding carboxylic acids is 1. The van der Waals surface area contributed by atoms with E-state index in [0.29, 0.717) is 23.2 Å². The number of piperazine rings is 1. The van der Waals surface area contributed by atoms with Crippen molar-refractivity contribution in [2.24, 2.45) is 7.05 Å². The monoisotopic (exact) mass is 561 g/mol. The molecule has 1 aliphatic carbocycles. The van der Waals surface area contributed by atoms with E-state index < -0.39 is 0 Å². The van der Waals surface area contributed by atoms with E-state index in [2.05, 4.69) is 51.0 Å². The van der Waals surface area contributed by atoms with Gasteiger partial charge in [-0.3, -0.25) is 19.2 Å². The first-order valence-corrected chi connectivity index (χ1v) is 15.4. The Hall–Kier alpha value is -3.17. The smallest absolute Gasteiger partial charge is 0.253 e. The summed E-state index contributed by atoms with van der Waals surface area (Å²) in [5.74, 6) is -0.152. The van der Waals surface area contributed by atoms with Crippen LogP contribution in [0.15, 0.2) is 23.1 Å². The number of fused-ring (bicyclic) bond motifs is 1. The summed E-state index contributed by atoms with van der Waals surface area (Å²) < 4.78 is 1.86. The van der Waals surface area contributed by atoms with E-state index >= 15 is 0 Å². The molecule has 0 radical (unpaired) electrons. The number of aromatic amines is 1. The third kappa shape index (κ3) is 5.93. The van der Waals surface area contributed by atoms with Gasteiger partial charge in [-0.25, -0.2) is 0 Å². The Morgan fingerprint density at radius 2 is 1.76 bits per heavy atom. The number of rotatable bonds is 8. The molecule has 9 nitrogen and oxygen atoms in total. The predicted octanol–water partition coefficient (Wildman–Crippen LogP) is 3.76. The van der Waals surface area contributed by atoms with E-state index in [-0.39, 0.29) is 18.0 Å². The fourth-order valence-corrected chi connectivity index (χ4v) is 7.09. The minimum absolute atomic E-state index is 0.148. The van der Waals surface area contributed by atoms with Gasteiger partial charge in [-0.1, -0.05) is 6.92 Å². The number of amides is 1. The highest BCUT2D eigenvalue weighted by Gasteiger charge is 2.32. The Balaban J connectivity index is 1.42. The lowest BCUT2D eigenvalue weighted by atomic mass is 9.87. The highest BCUT2D eigenvalue weighted by Crippen LogP contribution is 2.38. The van der Waals surface area contributed by atoms with Gasteiger partial charge in [0.2, 0.25) is 0 Å². The SMILES string of the molecule is CCc1c(C(=O)NCc2c(C)cc(C)[nH]c2=O)cc2c(cnn2C)c1N(CC)C1CCC(N2CCN(C)CC2)CC1. The molecule has 1 aromatic carbocycles. The highest BCUT2D eigenvalue weighted by atomic mass is 16.1. The molecule has 3 aromatic rings. The summed E-state index contributed by atoms with van der Waals surface area (Å²) in [6.45, 7) is 13.9. The number of carbonyl (C=O) groups is 1. The maximum absolute atomic E-state index is 13.8. The zero-order valence-corrected chi connectivity index (χ0v) is 25.7. The Bertz CT molecular complexity index is 1440. The topological polar surface area (TPSA) is 89.5 Å². The third-order valence-corrected chi connectivity index (χ3v) is 9.44. The summed E-state index contributed by atoms with van der Waals surface area (Å²) in [6.07, 6.45) is 7.43. The first-order valence-electron chi connectivity index (χ1n) is 15.4. The van der Waals surface area contributed by atoms with Crippen LogP contribution in [0.2, 0.25) is 0 Å². The minimum atomic E-state index is -0.152. The van der Waals surface area contributed by atoms with E-state index in [1.807, 2.05) is 43.9 Å². The predicted molar refractivity (Wildman–Crippen MR) is 166 cm³/mol. The summed E-state index contributed by atoms with van der Waals surface area (Å²) in [7, 11) is 4.15. The van der Waals surface area contributed by atoms with Crippen molar-refractivity contribution >= 4 is 22.5 Å². The molecule has 2 aliphatic rings. The molecular weight excluding hydrogens is 514 g/mol. The largest absolute Gasteiger partial charge is 0.368 e. The van der Waals surface area contributed by atoms with Gasteiger partial charge in [0.25, 0.3) is 11.5 Å². The Morgan fingerprint density at radius 1 is 1.05 bits per heavy atom. The molecule has 1 saturated heterocycles. The molecule has 41 heavy (non-hydrogen) atoms. The van der Waals surface area contributed by atoms with Crippen LogP contribution in [0.5, 0.6) is 0 Å². The van der Waals surface area contributed by atoms with Crippen molar-refractivity contribution in [1.82, 2.24) is 29.9 Å². The van der Waals surface area contributed by atoms with E-state index in [4.69, 9.17) is 0 Å². The maximum atomic E-state index is 13.8. The van der Waals surface area contributed by atoms with Crippen LogP contribution in [-0.4, -0.2) is 82.3 Å². The number of hydrogen-bond donors (Lipinski definition) is 2. The van der Waals surface area contributed by atoms with Crippen LogP contribution in [0.1, 0.15) is 72.3 Å². The molecule has 5 rings (SSSR count). The van der Waals surface area contributed by atoms with Gasteiger partial charge >= 0.3 is 0 Å². The molecule has 1 saturated carbocycles. The molecule has 0 unspecified atom stereocenters. The number of anilines is 1. The van der Waals surface area contributed by atoms with Crippen molar-refractivity contribution < 1.29 is 4.79 Å². The van der Waals surface area contributed by atoms with Crippen LogP contribution in [0.3, 0.4) is 0 Å². The fourth-order valence-electron chi connectivity index (χ4n) is 7.09. The van der Waals surface area contributed by atoms with Crippen molar-refractivity contribution in [1.29, 1.82) is 0 Å². The summed E-state index contributed by atoms with van der Waals surface area (Å²) >= 11 is 0. The van der Waals surface area contributed by atoms with Gasteiger partial charge in [0.15, 0.2) is 0 Å². The minimum Gasteiger partial charge on any atom is -0.368 e. The lowest BCUT2D eigenvalue weighted by Gasteiger charge is -2.44. The average Bonchev–Trinajstić information content (AvgIpc) is 3.33. The number of benzene rings is 1. The van der Waals surface area contributed by atoms with Crippen molar-refractivity contribution in [3.05, 3.63) is 56.6 Å². The van der Waals surface area contributed by atoms with Crippen LogP contribution in [0.25, 0.3) is 10.9 Å². The third-order valence-electron chi connectivity index (χ3n) is 9.44. The Morgan fingerprint density at radius 3 is 2.39 bits per heavy atom. The molecular formula is C32H47N7O2. The zero-order valence-electron chi connectivity index (χ0n) is 25.7. The summed E-state index contributed by atoms with van der Waals surface area (Å²) in [5, 5.41) is 8.77. The highest BCUT2D eigenvalue weighted by molar-refractivity contribution is 6.05. The Kier molecular flexibility index (Phi) is 8.85. The molecule has 9 heteroatoms. The molecule has 0 atom stereocenters. The van der Waals surface area contributed by atoms with Crippen molar-refractivity contribution in [3.8, 4) is 0 Å². The Labute approximate surface area is 243 Å². The first kappa shape index (κ1) is 29.3. The average molecular weight is 562 g/mol. The number of likely N-dealkylation sites (N-methyl/N-ethyl adjacent to an activating group) is 1. The lowest BCUT2D eigenvalue weighted by molar-refractivity contribution is 0.0876. The number of nitrogens with zero attached hydrogens (tertiary/aromatic N) is 5. The molecule has 0 spiro atoms. The van der Waals surface area contributed by atoms with Gasteiger partial charge in [0.05, 0.1) is 17.4 Å². The second kappa shape index (κ2) is 12.4. The van der Waals surface area contributed by atoms with E-state index in [0.717, 1.165) is 72.3 Å². The summed E-state index contributed by atoms with van der Waals surface area (Å²) in [6, 6.07) is 5.03. The number of aromatic nitrogens is 3. The molecule has 0 bridgehead atoms. The van der Waals surface area contributed by atoms with Gasteiger partial charge in [-0.2, -0.15) is 5.10 Å². The number of H-pyrrole nitrogens is 1. The van der Waals surface area contributed by atoms with Gasteiger partial charge < -0.3 is 20.1 Å². The first-order chi connectivity index (χ1) is 19.7. The van der Waals surface area contributed by atoms with Crippen LogP contribution in [0, 0.1) is 13.8 Å². The van der Waals surface area contributed by atoms with Gasteiger partial charge in [-0.15, -0.1) is 0 Å². The second-order valence-electron chi connectivity index (χ2n) is 12.0. The quantitative estimate of drug-likeness (QED) is 0.436. The lowest BCUT2D eigenvalue weighted by Crippen LogP contribution is -2.51. The van der Waals surface area contributed by atoms with Gasteiger partial charge in [0, 0.05) is 80.6 Å².